The van der Waals surface area contributed by atoms with Crippen LogP contribution in [0.15, 0.2) is 33.4 Å². The number of hydrogen-bond acceptors (Lipinski definition) is 0. The molecule has 0 aromatic carbocycles. The first-order valence-electron chi connectivity index (χ1n) is 7.04. The van der Waals surface area contributed by atoms with E-state index in [0.717, 1.165) is 25.7 Å². The van der Waals surface area contributed by atoms with Crippen LogP contribution in [0.3, 0.4) is 0 Å². The van der Waals surface area contributed by atoms with E-state index in [0.29, 0.717) is 0 Å². The minimum Gasteiger partial charge on any atom is -0.269 e. The molecule has 0 heterocycles. The summed E-state index contributed by atoms with van der Waals surface area (Å²) in [5, 5.41) is 0. The molecular formula is C18H26Zr. The zero-order valence-corrected chi connectivity index (χ0v) is 15.8. The summed E-state index contributed by atoms with van der Waals surface area (Å²) < 4.78 is 0. The average Bonchev–Trinajstić information content (AvgIpc) is 2.86. The second-order valence-electron chi connectivity index (χ2n) is 5.18. The second-order valence-corrected chi connectivity index (χ2v) is 5.18. The van der Waals surface area contributed by atoms with E-state index in [1.54, 1.807) is 0 Å². The molecule has 0 aromatic heterocycles. The summed E-state index contributed by atoms with van der Waals surface area (Å²) in [5.41, 5.74) is 8.77. The van der Waals surface area contributed by atoms with E-state index in [1.165, 1.54) is 33.4 Å². The molecule has 2 aliphatic rings. The minimum absolute atomic E-state index is 0. The maximum atomic E-state index is 3.35. The molecule has 0 aromatic rings. The molecule has 0 saturated heterocycles. The normalized spacial score (nSPS) is 17.8. The van der Waals surface area contributed by atoms with E-state index in [-0.39, 0.29) is 26.2 Å². The van der Waals surface area contributed by atoms with Gasteiger partial charge >= 0.3 is 26.2 Å². The Morgan fingerprint density at radius 2 is 1.05 bits per heavy atom. The van der Waals surface area contributed by atoms with Crippen LogP contribution in [0.2, 0.25) is 0 Å². The molecule has 0 saturated carbocycles. The molecule has 0 radical (unpaired) electrons. The fourth-order valence-electron chi connectivity index (χ4n) is 2.30. The van der Waals surface area contributed by atoms with Crippen molar-refractivity contribution in [1.82, 2.24) is 0 Å². The zero-order chi connectivity index (χ0) is 13.7. The third-order valence-electron chi connectivity index (χ3n) is 4.03. The Bertz CT molecular complexity index is 389. The van der Waals surface area contributed by atoms with Gasteiger partial charge in [-0.05, 0) is 0 Å². The third-order valence-corrected chi connectivity index (χ3v) is 4.03. The van der Waals surface area contributed by atoms with Crippen LogP contribution >= 0.6 is 0 Å². The van der Waals surface area contributed by atoms with Gasteiger partial charge in [0.25, 0.3) is 0 Å². The fraction of sp³-hybridized carbons (Fsp3) is 0.556. The maximum absolute atomic E-state index is 3.35. The van der Waals surface area contributed by atoms with Gasteiger partial charge in [-0.2, -0.15) is 22.3 Å². The van der Waals surface area contributed by atoms with E-state index in [9.17, 15) is 0 Å². The predicted octanol–water partition coefficient (Wildman–Crippen LogP) is 5.73. The third kappa shape index (κ3) is 5.03. The van der Waals surface area contributed by atoms with Gasteiger partial charge in [-0.3, -0.25) is 12.2 Å². The van der Waals surface area contributed by atoms with E-state index in [2.05, 4.69) is 53.7 Å². The van der Waals surface area contributed by atoms with Crippen molar-refractivity contribution in [1.29, 1.82) is 0 Å². The summed E-state index contributed by atoms with van der Waals surface area (Å²) in [4.78, 5) is 0. The monoisotopic (exact) mass is 332 g/mol. The SMILES string of the molecule is CCC1=[C-]CC(C)=C1C.CCC1=[C-]CC(C)=C1C.[Zr+2]. The molecule has 0 N–H and O–H groups in total. The molecule has 0 bridgehead atoms. The topological polar surface area (TPSA) is 0 Å². The van der Waals surface area contributed by atoms with Crippen molar-refractivity contribution in [3.05, 3.63) is 45.6 Å². The van der Waals surface area contributed by atoms with Gasteiger partial charge in [0.2, 0.25) is 0 Å². The quantitative estimate of drug-likeness (QED) is 0.566. The molecule has 0 spiro atoms. The number of hydrogen-bond donors (Lipinski definition) is 0. The van der Waals surface area contributed by atoms with Crippen LogP contribution in [0.5, 0.6) is 0 Å². The maximum Gasteiger partial charge on any atom is 2.00 e. The van der Waals surface area contributed by atoms with Crippen LogP contribution in [-0.4, -0.2) is 0 Å². The van der Waals surface area contributed by atoms with E-state index >= 15 is 0 Å². The molecule has 0 amide bonds. The van der Waals surface area contributed by atoms with Crippen LogP contribution in [-0.2, 0) is 26.2 Å². The van der Waals surface area contributed by atoms with E-state index < -0.39 is 0 Å². The van der Waals surface area contributed by atoms with Crippen LogP contribution in [0, 0.1) is 12.2 Å². The van der Waals surface area contributed by atoms with Gasteiger partial charge in [-0.15, -0.1) is 26.7 Å². The Hall–Kier alpha value is -0.157. The molecule has 0 fully saturated rings. The standard InChI is InChI=1S/2C9H13.Zr/c2*1-4-9-6-5-7(2)8(9)3;/h2*4-5H2,1-3H3;/q2*-1;+2. The predicted molar refractivity (Wildman–Crippen MR) is 80.1 cm³/mol. The van der Waals surface area contributed by atoms with Crippen molar-refractivity contribution >= 4 is 0 Å². The molecule has 2 rings (SSSR count). The first-order valence-corrected chi connectivity index (χ1v) is 7.04. The number of rotatable bonds is 2. The summed E-state index contributed by atoms with van der Waals surface area (Å²) >= 11 is 0. The molecule has 19 heavy (non-hydrogen) atoms. The molecular weight excluding hydrogens is 307 g/mol. The van der Waals surface area contributed by atoms with Crippen molar-refractivity contribution in [2.24, 2.45) is 0 Å². The molecule has 1 heteroatoms. The van der Waals surface area contributed by atoms with Gasteiger partial charge in [0.1, 0.15) is 0 Å². The Morgan fingerprint density at radius 1 is 0.737 bits per heavy atom. The number of allylic oxidation sites excluding steroid dienone is 8. The molecule has 102 valence electrons. The molecule has 0 unspecified atom stereocenters. The Labute approximate surface area is 138 Å². The van der Waals surface area contributed by atoms with Crippen LogP contribution in [0.4, 0.5) is 0 Å². The van der Waals surface area contributed by atoms with E-state index in [4.69, 9.17) is 0 Å². The van der Waals surface area contributed by atoms with Crippen molar-refractivity contribution < 1.29 is 26.2 Å². The Morgan fingerprint density at radius 3 is 1.16 bits per heavy atom. The Kier molecular flexibility index (Phi) is 8.83. The van der Waals surface area contributed by atoms with E-state index in [1.807, 2.05) is 0 Å². The smallest absolute Gasteiger partial charge is 0.269 e. The summed E-state index contributed by atoms with van der Waals surface area (Å²) in [5.74, 6) is 0. The second kappa shape index (κ2) is 8.90. The van der Waals surface area contributed by atoms with Crippen LogP contribution < -0.4 is 0 Å². The van der Waals surface area contributed by atoms with Gasteiger partial charge < -0.3 is 0 Å². The summed E-state index contributed by atoms with van der Waals surface area (Å²) in [6, 6.07) is 0. The van der Waals surface area contributed by atoms with Crippen molar-refractivity contribution in [3.63, 3.8) is 0 Å². The van der Waals surface area contributed by atoms with Crippen molar-refractivity contribution in [2.45, 2.75) is 67.2 Å². The molecule has 0 nitrogen and oxygen atoms in total. The Balaban J connectivity index is 0.000000324. The van der Waals surface area contributed by atoms with Crippen LogP contribution in [0.25, 0.3) is 0 Å². The van der Waals surface area contributed by atoms with Gasteiger partial charge in [-0.25, -0.2) is 11.1 Å². The van der Waals surface area contributed by atoms with Gasteiger partial charge in [0.15, 0.2) is 0 Å². The zero-order valence-electron chi connectivity index (χ0n) is 13.3. The first-order chi connectivity index (χ1) is 8.51. The van der Waals surface area contributed by atoms with Gasteiger partial charge in [0, 0.05) is 0 Å². The molecule has 2 aliphatic carbocycles. The average molecular weight is 334 g/mol. The molecule has 0 atom stereocenters. The summed E-state index contributed by atoms with van der Waals surface area (Å²) in [7, 11) is 0. The summed E-state index contributed by atoms with van der Waals surface area (Å²) in [6.45, 7) is 13.1. The molecule has 0 aliphatic heterocycles. The minimum atomic E-state index is 0. The van der Waals surface area contributed by atoms with Gasteiger partial charge in [0.05, 0.1) is 0 Å². The first kappa shape index (κ1) is 18.8. The van der Waals surface area contributed by atoms with Crippen molar-refractivity contribution in [3.8, 4) is 0 Å². The van der Waals surface area contributed by atoms with Crippen LogP contribution in [0.1, 0.15) is 67.2 Å². The van der Waals surface area contributed by atoms with Crippen molar-refractivity contribution in [2.75, 3.05) is 0 Å². The summed E-state index contributed by atoms with van der Waals surface area (Å²) in [6.07, 6.45) is 11.1. The fourth-order valence-corrected chi connectivity index (χ4v) is 2.30. The largest absolute Gasteiger partial charge is 2.00 e. The van der Waals surface area contributed by atoms with Gasteiger partial charge in [-0.1, -0.05) is 40.5 Å².